The molecule has 4 nitrogen and oxygen atoms in total. The average Bonchev–Trinajstić information content (AvgIpc) is 2.47. The number of piperidine rings is 1. The highest BCUT2D eigenvalue weighted by Gasteiger charge is 2.34. The van der Waals surface area contributed by atoms with Crippen molar-refractivity contribution in [3.05, 3.63) is 34.9 Å². The van der Waals surface area contributed by atoms with Gasteiger partial charge in [0.2, 0.25) is 10.0 Å². The summed E-state index contributed by atoms with van der Waals surface area (Å²) in [4.78, 5) is 0. The second-order valence-corrected chi connectivity index (χ2v) is 7.89. The molecule has 1 fully saturated rings. The lowest BCUT2D eigenvalue weighted by atomic mass is 10.1. The number of sulfonamides is 1. The molecule has 0 aliphatic carbocycles. The van der Waals surface area contributed by atoms with Crippen LogP contribution in [0.15, 0.2) is 24.3 Å². The molecule has 1 aliphatic heterocycles. The molecule has 20 heavy (non-hydrogen) atoms. The van der Waals surface area contributed by atoms with Crippen molar-refractivity contribution in [2.45, 2.75) is 31.1 Å². The summed E-state index contributed by atoms with van der Waals surface area (Å²) in [6, 6.07) is 7.13. The first-order valence-corrected chi connectivity index (χ1v) is 8.74. The van der Waals surface area contributed by atoms with Crippen LogP contribution >= 0.6 is 11.6 Å². The van der Waals surface area contributed by atoms with E-state index >= 15 is 0 Å². The highest BCUT2D eigenvalue weighted by Crippen LogP contribution is 2.30. The Kier molecular flexibility index (Phi) is 5.07. The SMILES string of the molecule is CC(c1ccccc1Cl)N(C)S(=O)(=O)C1CCNCC1. The van der Waals surface area contributed by atoms with E-state index in [0.29, 0.717) is 17.9 Å². The molecule has 0 saturated carbocycles. The lowest BCUT2D eigenvalue weighted by molar-refractivity contribution is 0.379. The number of nitrogens with one attached hydrogen (secondary N) is 1. The predicted octanol–water partition coefficient (Wildman–Crippen LogP) is 2.41. The Labute approximate surface area is 126 Å². The van der Waals surface area contributed by atoms with Gasteiger partial charge in [0.05, 0.1) is 5.25 Å². The fourth-order valence-corrected chi connectivity index (χ4v) is 4.71. The van der Waals surface area contributed by atoms with Crippen LogP contribution in [0.1, 0.15) is 31.4 Å². The molecule has 1 N–H and O–H groups in total. The highest BCUT2D eigenvalue weighted by atomic mass is 35.5. The van der Waals surface area contributed by atoms with Crippen molar-refractivity contribution < 1.29 is 8.42 Å². The van der Waals surface area contributed by atoms with E-state index in [1.807, 2.05) is 25.1 Å². The average molecular weight is 317 g/mol. The fourth-order valence-electron chi connectivity index (χ4n) is 2.56. The second-order valence-electron chi connectivity index (χ2n) is 5.21. The summed E-state index contributed by atoms with van der Waals surface area (Å²) >= 11 is 6.17. The molecule has 1 aliphatic rings. The molecule has 1 saturated heterocycles. The van der Waals surface area contributed by atoms with Crippen LogP contribution in [0, 0.1) is 0 Å². The van der Waals surface area contributed by atoms with Crippen LogP contribution in [0.5, 0.6) is 0 Å². The van der Waals surface area contributed by atoms with Crippen LogP contribution in [0.3, 0.4) is 0 Å². The van der Waals surface area contributed by atoms with Crippen LogP contribution in [0.25, 0.3) is 0 Å². The van der Waals surface area contributed by atoms with Crippen molar-refractivity contribution in [1.29, 1.82) is 0 Å². The van der Waals surface area contributed by atoms with Gasteiger partial charge in [-0.1, -0.05) is 29.8 Å². The Morgan fingerprint density at radius 2 is 1.90 bits per heavy atom. The third kappa shape index (κ3) is 3.17. The Hall–Kier alpha value is -0.620. The minimum atomic E-state index is -3.29. The van der Waals surface area contributed by atoms with Gasteiger partial charge in [-0.25, -0.2) is 8.42 Å². The van der Waals surface area contributed by atoms with E-state index in [9.17, 15) is 8.42 Å². The first kappa shape index (κ1) is 15.8. The summed E-state index contributed by atoms with van der Waals surface area (Å²) in [7, 11) is -1.65. The van der Waals surface area contributed by atoms with Gasteiger partial charge in [-0.05, 0) is 44.5 Å². The normalized spacial score (nSPS) is 19.2. The number of halogens is 1. The van der Waals surface area contributed by atoms with E-state index in [1.54, 1.807) is 13.1 Å². The molecule has 0 bridgehead atoms. The zero-order valence-corrected chi connectivity index (χ0v) is 13.4. The molecule has 1 heterocycles. The van der Waals surface area contributed by atoms with Gasteiger partial charge < -0.3 is 5.32 Å². The van der Waals surface area contributed by atoms with E-state index in [1.165, 1.54) is 4.31 Å². The molecule has 1 atom stereocenters. The van der Waals surface area contributed by atoms with Crippen LogP contribution in [0.4, 0.5) is 0 Å². The predicted molar refractivity (Wildman–Crippen MR) is 82.4 cm³/mol. The molecule has 1 aromatic rings. The van der Waals surface area contributed by atoms with E-state index < -0.39 is 10.0 Å². The topological polar surface area (TPSA) is 49.4 Å². The summed E-state index contributed by atoms with van der Waals surface area (Å²) in [5.74, 6) is 0. The van der Waals surface area contributed by atoms with Crippen molar-refractivity contribution in [2.75, 3.05) is 20.1 Å². The van der Waals surface area contributed by atoms with Crippen molar-refractivity contribution in [3.8, 4) is 0 Å². The quantitative estimate of drug-likeness (QED) is 0.928. The molecular formula is C14H21ClN2O2S. The van der Waals surface area contributed by atoms with Gasteiger partial charge in [0.25, 0.3) is 0 Å². The van der Waals surface area contributed by atoms with Crippen molar-refractivity contribution in [2.24, 2.45) is 0 Å². The lowest BCUT2D eigenvalue weighted by Gasteiger charge is -2.31. The largest absolute Gasteiger partial charge is 0.317 e. The molecule has 0 spiro atoms. The van der Waals surface area contributed by atoms with Crippen molar-refractivity contribution in [3.63, 3.8) is 0 Å². The minimum Gasteiger partial charge on any atom is -0.317 e. The molecule has 1 unspecified atom stereocenters. The van der Waals surface area contributed by atoms with Crippen LogP contribution in [-0.4, -0.2) is 38.1 Å². The molecule has 0 radical (unpaired) electrons. The number of hydrogen-bond acceptors (Lipinski definition) is 3. The van der Waals surface area contributed by atoms with Gasteiger partial charge in [-0.3, -0.25) is 0 Å². The van der Waals surface area contributed by atoms with Crippen molar-refractivity contribution in [1.82, 2.24) is 9.62 Å². The summed E-state index contributed by atoms with van der Waals surface area (Å²) in [6.07, 6.45) is 1.34. The first-order chi connectivity index (χ1) is 9.44. The molecule has 2 rings (SSSR count). The number of hydrogen-bond donors (Lipinski definition) is 1. The third-order valence-electron chi connectivity index (χ3n) is 4.01. The maximum atomic E-state index is 12.7. The van der Waals surface area contributed by atoms with Crippen LogP contribution in [0.2, 0.25) is 5.02 Å². The number of benzene rings is 1. The lowest BCUT2D eigenvalue weighted by Crippen LogP contribution is -2.43. The van der Waals surface area contributed by atoms with Gasteiger partial charge in [-0.2, -0.15) is 4.31 Å². The zero-order valence-electron chi connectivity index (χ0n) is 11.8. The van der Waals surface area contributed by atoms with Crippen LogP contribution in [-0.2, 0) is 10.0 Å². The Balaban J connectivity index is 2.21. The molecular weight excluding hydrogens is 296 g/mol. The molecule has 1 aromatic carbocycles. The highest BCUT2D eigenvalue weighted by molar-refractivity contribution is 7.89. The Bertz CT molecular complexity index is 556. The van der Waals surface area contributed by atoms with Gasteiger partial charge in [0, 0.05) is 18.1 Å². The summed E-state index contributed by atoms with van der Waals surface area (Å²) in [5.41, 5.74) is 0.842. The Morgan fingerprint density at radius 1 is 1.30 bits per heavy atom. The van der Waals surface area contributed by atoms with Crippen LogP contribution < -0.4 is 5.32 Å². The Morgan fingerprint density at radius 3 is 2.50 bits per heavy atom. The van der Waals surface area contributed by atoms with E-state index in [-0.39, 0.29) is 11.3 Å². The van der Waals surface area contributed by atoms with Crippen molar-refractivity contribution >= 4 is 21.6 Å². The number of nitrogens with zero attached hydrogens (tertiary/aromatic N) is 1. The standard InChI is InChI=1S/C14H21ClN2O2S/c1-11(13-5-3-4-6-14(13)15)17(2)20(18,19)12-7-9-16-10-8-12/h3-6,11-12,16H,7-10H2,1-2H3. The summed E-state index contributed by atoms with van der Waals surface area (Å²) in [6.45, 7) is 3.40. The van der Waals surface area contributed by atoms with Gasteiger partial charge >= 0.3 is 0 Å². The molecule has 0 amide bonds. The fraction of sp³-hybridized carbons (Fsp3) is 0.571. The maximum absolute atomic E-state index is 12.7. The van der Waals surface area contributed by atoms with Gasteiger partial charge in [0.15, 0.2) is 0 Å². The molecule has 112 valence electrons. The van der Waals surface area contributed by atoms with Gasteiger partial charge in [0.1, 0.15) is 0 Å². The molecule has 6 heteroatoms. The molecule has 0 aromatic heterocycles. The second kappa shape index (κ2) is 6.43. The zero-order chi connectivity index (χ0) is 14.8. The van der Waals surface area contributed by atoms with E-state index in [2.05, 4.69) is 5.32 Å². The summed E-state index contributed by atoms with van der Waals surface area (Å²) in [5, 5.41) is 3.50. The third-order valence-corrected chi connectivity index (χ3v) is 6.79. The van der Waals surface area contributed by atoms with E-state index in [0.717, 1.165) is 18.7 Å². The monoisotopic (exact) mass is 316 g/mol. The minimum absolute atomic E-state index is 0.261. The number of rotatable bonds is 4. The van der Waals surface area contributed by atoms with Gasteiger partial charge in [-0.15, -0.1) is 0 Å². The summed E-state index contributed by atoms with van der Waals surface area (Å²) < 4.78 is 26.8. The smallest absolute Gasteiger partial charge is 0.217 e. The van der Waals surface area contributed by atoms with E-state index in [4.69, 9.17) is 11.6 Å². The maximum Gasteiger partial charge on any atom is 0.217 e. The first-order valence-electron chi connectivity index (χ1n) is 6.86.